The van der Waals surface area contributed by atoms with Gasteiger partial charge in [0.05, 0.1) is 12.1 Å². The molecule has 1 heterocycles. The number of ether oxygens (including phenoxy) is 2. The number of piperidine rings is 1. The van der Waals surface area contributed by atoms with Gasteiger partial charge in [-0.1, -0.05) is 19.8 Å². The highest BCUT2D eigenvalue weighted by Gasteiger charge is 2.38. The zero-order valence-corrected chi connectivity index (χ0v) is 16.4. The van der Waals surface area contributed by atoms with Crippen LogP contribution in [0.3, 0.4) is 0 Å². The van der Waals surface area contributed by atoms with E-state index in [1.807, 2.05) is 0 Å². The number of Topliss-reactive ketones (excluding diaryl/α,β-unsaturated/α-hetero) is 1. The van der Waals surface area contributed by atoms with Crippen molar-refractivity contribution >= 4 is 11.8 Å². The highest BCUT2D eigenvalue weighted by Crippen LogP contribution is 2.26. The summed E-state index contributed by atoms with van der Waals surface area (Å²) < 4.78 is 10.5. The maximum atomic E-state index is 12.3. The van der Waals surface area contributed by atoms with Crippen LogP contribution in [0.15, 0.2) is 0 Å². The number of carbonyl (C=O) groups excluding carboxylic acids is 2. The third-order valence-electron chi connectivity index (χ3n) is 5.31. The smallest absolute Gasteiger partial charge is 0.316 e. The van der Waals surface area contributed by atoms with Crippen molar-refractivity contribution in [1.29, 1.82) is 0 Å². The normalized spacial score (nSPS) is 18.1. The molecule has 0 aromatic rings. The Kier molecular flexibility index (Phi) is 10.2. The van der Waals surface area contributed by atoms with Gasteiger partial charge in [-0.3, -0.25) is 14.5 Å². The molecular formula is C19H36N2O4. The summed E-state index contributed by atoms with van der Waals surface area (Å²) in [7, 11) is 3.67. The van der Waals surface area contributed by atoms with Crippen molar-refractivity contribution in [3.05, 3.63) is 0 Å². The first-order valence-electron chi connectivity index (χ1n) is 9.57. The van der Waals surface area contributed by atoms with Gasteiger partial charge < -0.3 is 14.8 Å². The van der Waals surface area contributed by atoms with Crippen LogP contribution in [0.4, 0.5) is 0 Å². The van der Waals surface area contributed by atoms with Crippen molar-refractivity contribution in [3.63, 3.8) is 0 Å². The minimum absolute atomic E-state index is 0.121. The first-order valence-corrected chi connectivity index (χ1v) is 9.57. The monoisotopic (exact) mass is 356 g/mol. The van der Waals surface area contributed by atoms with Crippen molar-refractivity contribution < 1.29 is 19.1 Å². The van der Waals surface area contributed by atoms with Crippen LogP contribution in [-0.2, 0) is 19.1 Å². The molecule has 1 aliphatic heterocycles. The molecule has 1 aliphatic rings. The second-order valence-electron chi connectivity index (χ2n) is 7.14. The van der Waals surface area contributed by atoms with Crippen molar-refractivity contribution in [2.75, 3.05) is 47.0 Å². The predicted molar refractivity (Wildman–Crippen MR) is 98.6 cm³/mol. The third kappa shape index (κ3) is 7.04. The number of hydrogen-bond acceptors (Lipinski definition) is 6. The molecule has 0 saturated carbocycles. The van der Waals surface area contributed by atoms with Crippen LogP contribution < -0.4 is 5.32 Å². The fourth-order valence-corrected chi connectivity index (χ4v) is 3.25. The number of unbranched alkanes of at least 4 members (excludes halogenated alkanes) is 2. The molecule has 0 amide bonds. The topological polar surface area (TPSA) is 67.9 Å². The Morgan fingerprint density at radius 2 is 1.92 bits per heavy atom. The molecule has 1 fully saturated rings. The van der Waals surface area contributed by atoms with E-state index in [1.165, 1.54) is 12.8 Å². The van der Waals surface area contributed by atoms with Gasteiger partial charge in [0.15, 0.2) is 0 Å². The van der Waals surface area contributed by atoms with Gasteiger partial charge in [0.1, 0.15) is 18.3 Å². The van der Waals surface area contributed by atoms with Crippen molar-refractivity contribution in [2.45, 2.75) is 57.9 Å². The van der Waals surface area contributed by atoms with Gasteiger partial charge in [-0.05, 0) is 52.9 Å². The van der Waals surface area contributed by atoms with E-state index >= 15 is 0 Å². The number of esters is 1. The summed E-state index contributed by atoms with van der Waals surface area (Å²) in [6, 6.07) is 0. The molecule has 0 aliphatic carbocycles. The third-order valence-corrected chi connectivity index (χ3v) is 5.31. The lowest BCUT2D eigenvalue weighted by atomic mass is 9.87. The van der Waals surface area contributed by atoms with Crippen LogP contribution in [-0.4, -0.2) is 69.2 Å². The van der Waals surface area contributed by atoms with Crippen LogP contribution >= 0.6 is 0 Å². The van der Waals surface area contributed by atoms with Crippen LogP contribution in [0, 0.1) is 5.92 Å². The van der Waals surface area contributed by atoms with E-state index in [2.05, 4.69) is 24.2 Å². The lowest BCUT2D eigenvalue weighted by molar-refractivity contribution is -0.156. The molecule has 146 valence electrons. The minimum atomic E-state index is -0.723. The van der Waals surface area contributed by atoms with Crippen molar-refractivity contribution in [1.82, 2.24) is 10.2 Å². The first-order chi connectivity index (χ1) is 12.0. The summed E-state index contributed by atoms with van der Waals surface area (Å²) in [5, 5.41) is 3.38. The van der Waals surface area contributed by atoms with E-state index < -0.39 is 11.9 Å². The lowest BCUT2D eigenvalue weighted by Gasteiger charge is -2.44. The zero-order chi connectivity index (χ0) is 18.7. The number of nitrogens with zero attached hydrogens (tertiary/aromatic N) is 1. The first kappa shape index (κ1) is 22.1. The van der Waals surface area contributed by atoms with Gasteiger partial charge in [-0.15, -0.1) is 0 Å². The number of carbonyl (C=O) groups is 2. The molecule has 25 heavy (non-hydrogen) atoms. The zero-order valence-electron chi connectivity index (χ0n) is 16.4. The summed E-state index contributed by atoms with van der Waals surface area (Å²) in [4.78, 5) is 26.6. The Hall–Kier alpha value is -0.980. The standard InChI is InChI=1S/C19H36N2O4/c1-5-6-7-13-21(3)19(9-11-20-12-10-19)15-25-18(23)16(2)17(22)8-14-24-4/h16,20H,5-15H2,1-4H3. The molecular weight excluding hydrogens is 320 g/mol. The Morgan fingerprint density at radius 3 is 2.52 bits per heavy atom. The number of hydrogen-bond donors (Lipinski definition) is 1. The maximum absolute atomic E-state index is 12.3. The largest absolute Gasteiger partial charge is 0.463 e. The molecule has 0 aromatic heterocycles. The summed E-state index contributed by atoms with van der Waals surface area (Å²) in [5.74, 6) is -1.26. The van der Waals surface area contributed by atoms with E-state index in [0.717, 1.165) is 38.9 Å². The lowest BCUT2D eigenvalue weighted by Crippen LogP contribution is -2.56. The Morgan fingerprint density at radius 1 is 1.24 bits per heavy atom. The Labute approximate surface area is 152 Å². The predicted octanol–water partition coefficient (Wildman–Crippen LogP) is 2.02. The molecule has 1 atom stereocenters. The van der Waals surface area contributed by atoms with Gasteiger partial charge in [-0.25, -0.2) is 0 Å². The van der Waals surface area contributed by atoms with Crippen molar-refractivity contribution in [3.8, 4) is 0 Å². The van der Waals surface area contributed by atoms with E-state index in [1.54, 1.807) is 14.0 Å². The summed E-state index contributed by atoms with van der Waals surface area (Å²) in [6.45, 7) is 7.39. The van der Waals surface area contributed by atoms with Gasteiger partial charge in [0.2, 0.25) is 0 Å². The molecule has 0 spiro atoms. The fourth-order valence-electron chi connectivity index (χ4n) is 3.25. The van der Waals surface area contributed by atoms with Crippen molar-refractivity contribution in [2.24, 2.45) is 5.92 Å². The average molecular weight is 357 g/mol. The number of ketones is 1. The molecule has 6 nitrogen and oxygen atoms in total. The van der Waals surface area contributed by atoms with Gasteiger partial charge in [0.25, 0.3) is 0 Å². The molecule has 1 N–H and O–H groups in total. The van der Waals surface area contributed by atoms with E-state index in [0.29, 0.717) is 13.2 Å². The molecule has 0 bridgehead atoms. The molecule has 6 heteroatoms. The van der Waals surface area contributed by atoms with Crippen LogP contribution in [0.1, 0.15) is 52.4 Å². The second-order valence-corrected chi connectivity index (χ2v) is 7.14. The highest BCUT2D eigenvalue weighted by molar-refractivity contribution is 5.98. The van der Waals surface area contributed by atoms with E-state index in [-0.39, 0.29) is 17.7 Å². The number of rotatable bonds is 12. The molecule has 1 saturated heterocycles. The number of nitrogens with one attached hydrogen (secondary N) is 1. The second kappa shape index (κ2) is 11.6. The SMILES string of the molecule is CCCCCN(C)C1(COC(=O)C(C)C(=O)CCOC)CCNCC1. The van der Waals surface area contributed by atoms with Gasteiger partial charge in [0, 0.05) is 13.5 Å². The molecule has 0 radical (unpaired) electrons. The van der Waals surface area contributed by atoms with E-state index in [4.69, 9.17) is 9.47 Å². The minimum Gasteiger partial charge on any atom is -0.463 e. The molecule has 1 unspecified atom stereocenters. The molecule has 0 aromatic carbocycles. The number of likely N-dealkylation sites (N-methyl/N-ethyl adjacent to an activating group) is 1. The molecule has 1 rings (SSSR count). The summed E-state index contributed by atoms with van der Waals surface area (Å²) in [6.07, 6.45) is 5.71. The van der Waals surface area contributed by atoms with E-state index in [9.17, 15) is 9.59 Å². The maximum Gasteiger partial charge on any atom is 0.316 e. The van der Waals surface area contributed by atoms with Crippen LogP contribution in [0.25, 0.3) is 0 Å². The van der Waals surface area contributed by atoms with Gasteiger partial charge >= 0.3 is 5.97 Å². The Balaban J connectivity index is 2.59. The average Bonchev–Trinajstić information content (AvgIpc) is 2.64. The fraction of sp³-hybridized carbons (Fsp3) is 0.895. The quantitative estimate of drug-likeness (QED) is 0.328. The summed E-state index contributed by atoms with van der Waals surface area (Å²) in [5.41, 5.74) is -0.121. The Bertz CT molecular complexity index is 408. The summed E-state index contributed by atoms with van der Waals surface area (Å²) >= 11 is 0. The highest BCUT2D eigenvalue weighted by atomic mass is 16.5. The van der Waals surface area contributed by atoms with Crippen LogP contribution in [0.5, 0.6) is 0 Å². The van der Waals surface area contributed by atoms with Gasteiger partial charge in [-0.2, -0.15) is 0 Å². The van der Waals surface area contributed by atoms with Crippen LogP contribution in [0.2, 0.25) is 0 Å². The number of methoxy groups -OCH3 is 1.